The van der Waals surface area contributed by atoms with Crippen molar-refractivity contribution < 1.29 is 4.79 Å². The van der Waals surface area contributed by atoms with Gasteiger partial charge in [-0.25, -0.2) is 0 Å². The number of nitriles is 1. The highest BCUT2D eigenvalue weighted by molar-refractivity contribution is 5.94. The lowest BCUT2D eigenvalue weighted by Gasteiger charge is -2.64. The number of hydrogen-bond donors (Lipinski definition) is 1. The first-order valence-corrected chi connectivity index (χ1v) is 15.3. The number of carbonyl (C=O) groups is 1. The predicted octanol–water partition coefficient (Wildman–Crippen LogP) is 7.75. The van der Waals surface area contributed by atoms with E-state index in [1.807, 2.05) is 0 Å². The van der Waals surface area contributed by atoms with Crippen LogP contribution in [0.1, 0.15) is 113 Å². The van der Waals surface area contributed by atoms with Crippen LogP contribution in [0.25, 0.3) is 0 Å². The van der Waals surface area contributed by atoms with Gasteiger partial charge in [-0.05, 0) is 147 Å². The predicted molar refractivity (Wildman–Crippen MR) is 144 cm³/mol. The molecule has 3 heteroatoms. The van der Waals surface area contributed by atoms with E-state index in [9.17, 15) is 4.79 Å². The van der Waals surface area contributed by atoms with Gasteiger partial charge in [0.1, 0.15) is 0 Å². The maximum Gasteiger partial charge on any atom is 0.251 e. The van der Waals surface area contributed by atoms with Gasteiger partial charge in [0.05, 0.1) is 11.6 Å². The third-order valence-electron chi connectivity index (χ3n) is 12.4. The first kappa shape index (κ1) is 24.5. The van der Waals surface area contributed by atoms with Gasteiger partial charge < -0.3 is 5.32 Å². The van der Waals surface area contributed by atoms with Crippen LogP contribution >= 0.6 is 0 Å². The van der Waals surface area contributed by atoms with Gasteiger partial charge in [0.25, 0.3) is 5.91 Å². The average Bonchev–Trinajstić information content (AvgIpc) is 3.77. The van der Waals surface area contributed by atoms with E-state index in [2.05, 4.69) is 25.2 Å². The van der Waals surface area contributed by atoms with Crippen LogP contribution in [0.5, 0.6) is 0 Å². The normalized spacial score (nSPS) is 41.8. The number of nitrogens with zero attached hydrogens (tertiary/aromatic N) is 1. The number of fused-ring (bicyclic) bond motifs is 5. The average molecular weight is 487 g/mol. The fourth-order valence-electron chi connectivity index (χ4n) is 10.8. The van der Waals surface area contributed by atoms with Crippen LogP contribution in [-0.2, 0) is 0 Å². The summed E-state index contributed by atoms with van der Waals surface area (Å²) in [6, 6.07) is 9.22. The summed E-state index contributed by atoms with van der Waals surface area (Å²) >= 11 is 0. The van der Waals surface area contributed by atoms with Gasteiger partial charge in [-0.1, -0.05) is 26.7 Å². The molecule has 8 atom stereocenters. The van der Waals surface area contributed by atoms with Crippen molar-refractivity contribution >= 4 is 5.91 Å². The minimum atomic E-state index is 0.0183. The van der Waals surface area contributed by atoms with Crippen LogP contribution in [0.15, 0.2) is 24.3 Å². The molecule has 194 valence electrons. The van der Waals surface area contributed by atoms with E-state index < -0.39 is 0 Å². The molecule has 2 unspecified atom stereocenters. The lowest BCUT2D eigenvalue weighted by atomic mass is 9.41. The van der Waals surface area contributed by atoms with Crippen molar-refractivity contribution in [1.82, 2.24) is 5.32 Å². The highest BCUT2D eigenvalue weighted by atomic mass is 16.1. The van der Waals surface area contributed by atoms with E-state index in [4.69, 9.17) is 5.26 Å². The SMILES string of the molecule is CC[C@]12CCC3[C@@H](CC[C@]4(C5CC5)C[C@@H](C)CC[C@H]34)C1CCC[C@@H]2CNC(=O)c1ccc(C#N)cc1. The Hall–Kier alpha value is -1.82. The number of carbonyl (C=O) groups excluding carboxylic acids is 1. The molecule has 36 heavy (non-hydrogen) atoms. The molecule has 1 amide bonds. The molecule has 0 radical (unpaired) electrons. The molecule has 0 aliphatic heterocycles. The molecule has 0 aromatic heterocycles. The summed E-state index contributed by atoms with van der Waals surface area (Å²) in [5.74, 6) is 6.39. The van der Waals surface area contributed by atoms with Crippen LogP contribution in [-0.4, -0.2) is 12.5 Å². The van der Waals surface area contributed by atoms with E-state index in [0.717, 1.165) is 42.1 Å². The Morgan fingerprint density at radius 2 is 1.72 bits per heavy atom. The molecule has 1 aromatic rings. The summed E-state index contributed by atoms with van der Waals surface area (Å²) < 4.78 is 0. The van der Waals surface area contributed by atoms with Gasteiger partial charge in [0.2, 0.25) is 0 Å². The van der Waals surface area contributed by atoms with Crippen molar-refractivity contribution in [3.63, 3.8) is 0 Å². The minimum Gasteiger partial charge on any atom is -0.352 e. The standard InChI is InChI=1S/C33H46N2O/c1-3-32-17-15-28-27(16-18-33(25-12-13-25)19-22(2)7-14-30(28)33)29(32)6-4-5-26(32)21-35-31(36)24-10-8-23(20-34)9-11-24/h8-11,22,25-30H,3-7,12-19,21H2,1-2H3,(H,35,36)/t22-,26+,27+,28?,29?,30+,32+,33+/m0/s1. The Kier molecular flexibility index (Phi) is 6.46. The van der Waals surface area contributed by atoms with Crippen LogP contribution in [0.3, 0.4) is 0 Å². The first-order chi connectivity index (χ1) is 17.5. The molecular formula is C33H46N2O. The van der Waals surface area contributed by atoms with Gasteiger partial charge in [0, 0.05) is 12.1 Å². The summed E-state index contributed by atoms with van der Waals surface area (Å²) in [5, 5.41) is 12.4. The molecule has 6 rings (SSSR count). The number of benzene rings is 1. The Morgan fingerprint density at radius 3 is 2.44 bits per heavy atom. The van der Waals surface area contributed by atoms with Crippen molar-refractivity contribution in [2.75, 3.05) is 6.54 Å². The topological polar surface area (TPSA) is 52.9 Å². The molecule has 5 fully saturated rings. The number of amides is 1. The lowest BCUT2D eigenvalue weighted by molar-refractivity contribution is -0.150. The van der Waals surface area contributed by atoms with E-state index in [1.54, 1.807) is 24.3 Å². The molecule has 0 heterocycles. The molecule has 0 spiro atoms. The van der Waals surface area contributed by atoms with E-state index in [-0.39, 0.29) is 5.91 Å². The molecule has 0 saturated heterocycles. The third kappa shape index (κ3) is 3.93. The summed E-state index contributed by atoms with van der Waals surface area (Å²) in [5.41, 5.74) is 2.40. The zero-order chi connectivity index (χ0) is 24.9. The zero-order valence-corrected chi connectivity index (χ0v) is 22.6. The second-order valence-corrected chi connectivity index (χ2v) is 13.6. The van der Waals surface area contributed by atoms with Gasteiger partial charge in [-0.2, -0.15) is 5.26 Å². The van der Waals surface area contributed by atoms with Gasteiger partial charge >= 0.3 is 0 Å². The summed E-state index contributed by atoms with van der Waals surface area (Å²) in [4.78, 5) is 13.0. The zero-order valence-electron chi connectivity index (χ0n) is 22.6. The van der Waals surface area contributed by atoms with Crippen molar-refractivity contribution in [3.8, 4) is 6.07 Å². The summed E-state index contributed by atoms with van der Waals surface area (Å²) in [6.07, 6.45) is 18.7. The second-order valence-electron chi connectivity index (χ2n) is 13.6. The monoisotopic (exact) mass is 486 g/mol. The number of hydrogen-bond acceptors (Lipinski definition) is 2. The number of rotatable bonds is 5. The van der Waals surface area contributed by atoms with Gasteiger partial charge in [0.15, 0.2) is 0 Å². The minimum absolute atomic E-state index is 0.0183. The molecular weight excluding hydrogens is 440 g/mol. The van der Waals surface area contributed by atoms with Crippen molar-refractivity contribution in [1.29, 1.82) is 5.26 Å². The summed E-state index contributed by atoms with van der Waals surface area (Å²) in [7, 11) is 0. The van der Waals surface area contributed by atoms with Crippen molar-refractivity contribution in [3.05, 3.63) is 35.4 Å². The first-order valence-electron chi connectivity index (χ1n) is 15.3. The van der Waals surface area contributed by atoms with E-state index in [1.165, 1.54) is 83.5 Å². The Morgan fingerprint density at radius 1 is 0.972 bits per heavy atom. The Balaban J connectivity index is 1.19. The van der Waals surface area contributed by atoms with Crippen molar-refractivity contribution in [2.45, 2.75) is 97.3 Å². The van der Waals surface area contributed by atoms with Crippen molar-refractivity contribution in [2.24, 2.45) is 52.3 Å². The largest absolute Gasteiger partial charge is 0.352 e. The molecule has 5 aliphatic rings. The Labute approximate surface area is 218 Å². The molecule has 0 bridgehead atoms. The van der Waals surface area contributed by atoms with Crippen LogP contribution < -0.4 is 5.32 Å². The van der Waals surface area contributed by atoms with Gasteiger partial charge in [-0.15, -0.1) is 0 Å². The van der Waals surface area contributed by atoms with Crippen LogP contribution in [0, 0.1) is 63.6 Å². The fraction of sp³-hybridized carbons (Fsp3) is 0.758. The smallest absolute Gasteiger partial charge is 0.251 e. The Bertz CT molecular complexity index is 1010. The highest BCUT2D eigenvalue weighted by Gasteiger charge is 2.62. The fourth-order valence-corrected chi connectivity index (χ4v) is 10.8. The van der Waals surface area contributed by atoms with Crippen LogP contribution in [0.4, 0.5) is 0 Å². The highest BCUT2D eigenvalue weighted by Crippen LogP contribution is 2.70. The van der Waals surface area contributed by atoms with Gasteiger partial charge in [-0.3, -0.25) is 4.79 Å². The lowest BCUT2D eigenvalue weighted by Crippen LogP contribution is -2.57. The van der Waals surface area contributed by atoms with E-state index >= 15 is 0 Å². The van der Waals surface area contributed by atoms with E-state index in [0.29, 0.717) is 27.9 Å². The molecule has 5 saturated carbocycles. The third-order valence-corrected chi connectivity index (χ3v) is 12.4. The van der Waals surface area contributed by atoms with Crippen LogP contribution in [0.2, 0.25) is 0 Å². The summed E-state index contributed by atoms with van der Waals surface area (Å²) in [6.45, 7) is 5.80. The molecule has 1 N–H and O–H groups in total. The second kappa shape index (κ2) is 9.49. The maximum atomic E-state index is 13.0. The molecule has 5 aliphatic carbocycles. The molecule has 3 nitrogen and oxygen atoms in total. The molecule has 1 aromatic carbocycles. The maximum absolute atomic E-state index is 13.0. The number of nitrogens with one attached hydrogen (secondary N) is 1. The quantitative estimate of drug-likeness (QED) is 0.462.